The molecular formula is C13H14ClN3O2. The van der Waals surface area contributed by atoms with Crippen molar-refractivity contribution in [3.8, 4) is 11.5 Å². The van der Waals surface area contributed by atoms with Crippen molar-refractivity contribution in [1.29, 1.82) is 0 Å². The Hall–Kier alpha value is -1.43. The molecule has 19 heavy (non-hydrogen) atoms. The third-order valence-electron chi connectivity index (χ3n) is 3.12. The number of halogens is 1. The maximum Gasteiger partial charge on any atom is 0.247 e. The number of aromatic nitrogens is 2. The second-order valence-corrected chi connectivity index (χ2v) is 5.05. The fourth-order valence-electron chi connectivity index (χ4n) is 2.04. The molecule has 3 rings (SSSR count). The summed E-state index contributed by atoms with van der Waals surface area (Å²) in [5.41, 5.74) is 6.62. The fourth-order valence-corrected chi connectivity index (χ4v) is 2.17. The summed E-state index contributed by atoms with van der Waals surface area (Å²) in [4.78, 5) is 0. The van der Waals surface area contributed by atoms with Crippen LogP contribution >= 0.6 is 11.6 Å². The zero-order valence-corrected chi connectivity index (χ0v) is 11.0. The number of hydrogen-bond donors (Lipinski definition) is 1. The van der Waals surface area contributed by atoms with Crippen LogP contribution < -0.4 is 5.73 Å². The number of hydrogen-bond acceptors (Lipinski definition) is 5. The van der Waals surface area contributed by atoms with Gasteiger partial charge in [-0.2, -0.15) is 0 Å². The van der Waals surface area contributed by atoms with Gasteiger partial charge in [-0.25, -0.2) is 0 Å². The van der Waals surface area contributed by atoms with Crippen molar-refractivity contribution >= 4 is 11.6 Å². The van der Waals surface area contributed by atoms with Crippen molar-refractivity contribution in [2.45, 2.75) is 25.0 Å². The van der Waals surface area contributed by atoms with Crippen molar-refractivity contribution in [2.24, 2.45) is 5.73 Å². The summed E-state index contributed by atoms with van der Waals surface area (Å²) in [5.74, 6) is 0.988. The Morgan fingerprint density at radius 2 is 1.95 bits per heavy atom. The maximum absolute atomic E-state index is 5.84. The molecule has 1 aliphatic rings. The van der Waals surface area contributed by atoms with E-state index in [1.165, 1.54) is 0 Å². The van der Waals surface area contributed by atoms with E-state index in [1.807, 2.05) is 12.1 Å². The number of rotatable bonds is 2. The highest BCUT2D eigenvalue weighted by molar-refractivity contribution is 6.30. The van der Waals surface area contributed by atoms with Crippen LogP contribution in [0.4, 0.5) is 0 Å². The number of nitrogens with zero attached hydrogens (tertiary/aromatic N) is 2. The van der Waals surface area contributed by atoms with Gasteiger partial charge in [-0.15, -0.1) is 10.2 Å². The summed E-state index contributed by atoms with van der Waals surface area (Å²) in [6, 6.07) is 7.37. The van der Waals surface area contributed by atoms with Gasteiger partial charge in [-0.05, 0) is 37.1 Å². The topological polar surface area (TPSA) is 74.2 Å². The summed E-state index contributed by atoms with van der Waals surface area (Å²) in [6.07, 6.45) is 1.57. The lowest BCUT2D eigenvalue weighted by Crippen LogP contribution is -2.32. The second-order valence-electron chi connectivity index (χ2n) is 4.61. The molecular weight excluding hydrogens is 266 g/mol. The van der Waals surface area contributed by atoms with Crippen LogP contribution in [-0.2, 0) is 4.74 Å². The minimum absolute atomic E-state index is 0.106. The molecule has 0 aliphatic carbocycles. The molecule has 1 aliphatic heterocycles. The third-order valence-corrected chi connectivity index (χ3v) is 3.37. The second kappa shape index (κ2) is 5.28. The van der Waals surface area contributed by atoms with Gasteiger partial charge in [-0.1, -0.05) is 11.6 Å². The Balaban J connectivity index is 1.77. The van der Waals surface area contributed by atoms with Crippen molar-refractivity contribution < 1.29 is 9.15 Å². The molecule has 0 bridgehead atoms. The van der Waals surface area contributed by atoms with Crippen LogP contribution in [0.3, 0.4) is 0 Å². The summed E-state index contributed by atoms with van der Waals surface area (Å²) >= 11 is 5.84. The van der Waals surface area contributed by atoms with Crippen molar-refractivity contribution in [3.05, 3.63) is 35.2 Å². The largest absolute Gasteiger partial charge is 0.418 e. The third kappa shape index (κ3) is 2.78. The Morgan fingerprint density at radius 3 is 2.63 bits per heavy atom. The minimum atomic E-state index is -0.145. The molecule has 5 nitrogen and oxygen atoms in total. The summed E-state index contributed by atoms with van der Waals surface area (Å²) < 4.78 is 11.3. The normalized spacial score (nSPS) is 23.5. The van der Waals surface area contributed by atoms with E-state index >= 15 is 0 Å². The average molecular weight is 280 g/mol. The van der Waals surface area contributed by atoms with Gasteiger partial charge < -0.3 is 14.9 Å². The van der Waals surface area contributed by atoms with Crippen LogP contribution in [0.2, 0.25) is 5.02 Å². The van der Waals surface area contributed by atoms with E-state index in [-0.39, 0.29) is 12.1 Å². The van der Waals surface area contributed by atoms with Crippen molar-refractivity contribution in [1.82, 2.24) is 10.2 Å². The predicted molar refractivity (Wildman–Crippen MR) is 70.6 cm³/mol. The van der Waals surface area contributed by atoms with Crippen LogP contribution in [0.5, 0.6) is 0 Å². The van der Waals surface area contributed by atoms with Gasteiger partial charge in [0.2, 0.25) is 11.8 Å². The van der Waals surface area contributed by atoms with Crippen LogP contribution in [0.1, 0.15) is 24.8 Å². The molecule has 0 saturated carbocycles. The summed E-state index contributed by atoms with van der Waals surface area (Å²) in [7, 11) is 0. The highest BCUT2D eigenvalue weighted by atomic mass is 35.5. The molecule has 1 aromatic heterocycles. The molecule has 0 spiro atoms. The molecule has 100 valence electrons. The van der Waals surface area contributed by atoms with E-state index in [0.717, 1.165) is 18.4 Å². The van der Waals surface area contributed by atoms with Gasteiger partial charge >= 0.3 is 0 Å². The lowest BCUT2D eigenvalue weighted by molar-refractivity contribution is -0.0111. The first-order chi connectivity index (χ1) is 9.22. The maximum atomic E-state index is 5.84. The molecule has 0 amide bonds. The van der Waals surface area contributed by atoms with Gasteiger partial charge in [0, 0.05) is 16.6 Å². The lowest BCUT2D eigenvalue weighted by atomic mass is 10.1. The SMILES string of the molecule is N[C@@H]1CC[C@@H](c2nnc(-c3ccc(Cl)cc3)o2)OC1. The molecule has 0 unspecified atom stereocenters. The molecule has 1 saturated heterocycles. The molecule has 2 aromatic rings. The average Bonchev–Trinajstić information content (AvgIpc) is 2.90. The van der Waals surface area contributed by atoms with E-state index in [2.05, 4.69) is 10.2 Å². The molecule has 2 heterocycles. The van der Waals surface area contributed by atoms with E-state index in [9.17, 15) is 0 Å². The standard InChI is InChI=1S/C13H14ClN3O2/c14-9-3-1-8(2-4-9)12-16-17-13(19-12)11-6-5-10(15)7-18-11/h1-4,10-11H,5-7,15H2/t10-,11+/m1/s1. The number of benzene rings is 1. The lowest BCUT2D eigenvalue weighted by Gasteiger charge is -2.23. The molecule has 1 aromatic carbocycles. The Bertz CT molecular complexity index is 547. The smallest absolute Gasteiger partial charge is 0.247 e. The molecule has 0 radical (unpaired) electrons. The predicted octanol–water partition coefficient (Wildman–Crippen LogP) is 2.57. The van der Waals surface area contributed by atoms with Gasteiger partial charge in [0.05, 0.1) is 6.61 Å². The number of ether oxygens (including phenoxy) is 1. The highest BCUT2D eigenvalue weighted by Gasteiger charge is 2.25. The minimum Gasteiger partial charge on any atom is -0.418 e. The van der Waals surface area contributed by atoms with Gasteiger partial charge in [-0.3, -0.25) is 0 Å². The van der Waals surface area contributed by atoms with E-state index in [1.54, 1.807) is 12.1 Å². The van der Waals surface area contributed by atoms with Gasteiger partial charge in [0.25, 0.3) is 0 Å². The van der Waals surface area contributed by atoms with Crippen LogP contribution in [0, 0.1) is 0 Å². The van der Waals surface area contributed by atoms with Gasteiger partial charge in [0.1, 0.15) is 6.10 Å². The zero-order valence-electron chi connectivity index (χ0n) is 10.3. The van der Waals surface area contributed by atoms with Crippen LogP contribution in [-0.4, -0.2) is 22.8 Å². The summed E-state index contributed by atoms with van der Waals surface area (Å²) in [6.45, 7) is 0.531. The Kier molecular flexibility index (Phi) is 3.50. The highest BCUT2D eigenvalue weighted by Crippen LogP contribution is 2.29. The van der Waals surface area contributed by atoms with E-state index in [4.69, 9.17) is 26.5 Å². The number of nitrogens with two attached hydrogens (primary N) is 1. The van der Waals surface area contributed by atoms with Crippen molar-refractivity contribution in [2.75, 3.05) is 6.61 Å². The van der Waals surface area contributed by atoms with Crippen LogP contribution in [0.25, 0.3) is 11.5 Å². The molecule has 1 fully saturated rings. The zero-order chi connectivity index (χ0) is 13.2. The molecule has 2 atom stereocenters. The fraction of sp³-hybridized carbons (Fsp3) is 0.385. The molecule has 6 heteroatoms. The monoisotopic (exact) mass is 279 g/mol. The van der Waals surface area contributed by atoms with Crippen molar-refractivity contribution in [3.63, 3.8) is 0 Å². The van der Waals surface area contributed by atoms with E-state index in [0.29, 0.717) is 23.4 Å². The Labute approximate surface area is 115 Å². The first-order valence-electron chi connectivity index (χ1n) is 6.19. The van der Waals surface area contributed by atoms with E-state index < -0.39 is 0 Å². The summed E-state index contributed by atoms with van der Waals surface area (Å²) in [5, 5.41) is 8.76. The Morgan fingerprint density at radius 1 is 1.16 bits per heavy atom. The molecule has 2 N–H and O–H groups in total. The van der Waals surface area contributed by atoms with Gasteiger partial charge in [0.15, 0.2) is 0 Å². The first-order valence-corrected chi connectivity index (χ1v) is 6.56. The van der Waals surface area contributed by atoms with Crippen LogP contribution in [0.15, 0.2) is 28.7 Å². The quantitative estimate of drug-likeness (QED) is 0.914. The first kappa shape index (κ1) is 12.6.